The van der Waals surface area contributed by atoms with Crippen molar-refractivity contribution in [2.45, 2.75) is 43.8 Å². The molecule has 2 fully saturated rings. The Hall–Kier alpha value is -2.67. The predicted octanol–water partition coefficient (Wildman–Crippen LogP) is 2.64. The summed E-state index contributed by atoms with van der Waals surface area (Å²) in [7, 11) is 3.62. The van der Waals surface area contributed by atoms with E-state index in [1.54, 1.807) is 13.3 Å². The van der Waals surface area contributed by atoms with Crippen LogP contribution in [-0.2, 0) is 18.2 Å². The quantitative estimate of drug-likeness (QED) is 0.695. The predicted molar refractivity (Wildman–Crippen MR) is 99.2 cm³/mol. The summed E-state index contributed by atoms with van der Waals surface area (Å²) in [6.07, 6.45) is 6.33. The van der Waals surface area contributed by atoms with Crippen LogP contribution in [0.3, 0.4) is 0 Å². The highest BCUT2D eigenvalue weighted by Gasteiger charge is 2.44. The van der Waals surface area contributed by atoms with Crippen LogP contribution in [0.15, 0.2) is 36.5 Å². The van der Waals surface area contributed by atoms with Crippen molar-refractivity contribution < 1.29 is 9.47 Å². The molecule has 0 unspecified atom stereocenters. The SMILES string of the molecule is COc1ccccc1Cc1nc([C@H]2C[C@@H]3CC[C@H]2O3)n(-c2ccnn2C)n1. The number of para-hydroxylation sites is 1. The Balaban J connectivity index is 1.55. The second-order valence-corrected chi connectivity index (χ2v) is 7.32. The first-order valence-corrected chi connectivity index (χ1v) is 9.44. The maximum Gasteiger partial charge on any atom is 0.155 e. The monoisotopic (exact) mass is 365 g/mol. The Morgan fingerprint density at radius 1 is 1.22 bits per heavy atom. The van der Waals surface area contributed by atoms with E-state index in [0.29, 0.717) is 12.5 Å². The van der Waals surface area contributed by atoms with Gasteiger partial charge in [-0.05, 0) is 25.3 Å². The number of fused-ring (bicyclic) bond motifs is 2. The average Bonchev–Trinajstić information content (AvgIpc) is 3.45. The zero-order valence-electron chi connectivity index (χ0n) is 15.6. The van der Waals surface area contributed by atoms with Crippen molar-refractivity contribution in [2.75, 3.05) is 7.11 Å². The molecule has 0 radical (unpaired) electrons. The van der Waals surface area contributed by atoms with E-state index in [1.807, 2.05) is 40.7 Å². The Morgan fingerprint density at radius 2 is 2.11 bits per heavy atom. The summed E-state index contributed by atoms with van der Waals surface area (Å²) < 4.78 is 15.4. The minimum atomic E-state index is 0.255. The van der Waals surface area contributed by atoms with Crippen molar-refractivity contribution >= 4 is 0 Å². The van der Waals surface area contributed by atoms with Crippen molar-refractivity contribution in [3.05, 3.63) is 53.7 Å². The lowest BCUT2D eigenvalue weighted by Gasteiger charge is -2.18. The standard InChI is InChI=1S/C20H23N5O2/c1-24-19(9-10-21-24)25-20(15-12-14-7-8-17(15)27-14)22-18(23-25)11-13-5-3-4-6-16(13)26-2/h3-6,9-10,14-15,17H,7-8,11-12H2,1-2H3/t14-,15-,17+/m0/s1. The molecule has 0 spiro atoms. The van der Waals surface area contributed by atoms with Gasteiger partial charge in [-0.15, -0.1) is 5.10 Å². The van der Waals surface area contributed by atoms with Crippen LogP contribution in [0.1, 0.15) is 42.4 Å². The average molecular weight is 365 g/mol. The molecular weight excluding hydrogens is 342 g/mol. The molecule has 7 nitrogen and oxygen atoms in total. The van der Waals surface area contributed by atoms with Crippen molar-refractivity contribution in [3.63, 3.8) is 0 Å². The smallest absolute Gasteiger partial charge is 0.155 e. The second kappa shape index (κ2) is 6.49. The van der Waals surface area contributed by atoms with Crippen molar-refractivity contribution in [1.82, 2.24) is 24.5 Å². The lowest BCUT2D eigenvalue weighted by Crippen LogP contribution is -2.20. The van der Waals surface area contributed by atoms with Gasteiger partial charge < -0.3 is 9.47 Å². The molecule has 5 rings (SSSR count). The molecule has 0 saturated carbocycles. The molecule has 2 aliphatic rings. The van der Waals surface area contributed by atoms with Crippen LogP contribution in [0.2, 0.25) is 0 Å². The van der Waals surface area contributed by atoms with Gasteiger partial charge in [0.2, 0.25) is 0 Å². The van der Waals surface area contributed by atoms with Gasteiger partial charge in [0.15, 0.2) is 11.6 Å². The van der Waals surface area contributed by atoms with E-state index in [1.165, 1.54) is 0 Å². The molecule has 2 aliphatic heterocycles. The molecule has 2 saturated heterocycles. The summed E-state index contributed by atoms with van der Waals surface area (Å²) in [5.41, 5.74) is 1.08. The Kier molecular flexibility index (Phi) is 3.97. The van der Waals surface area contributed by atoms with Gasteiger partial charge in [0.25, 0.3) is 0 Å². The first-order chi connectivity index (χ1) is 13.2. The summed E-state index contributed by atoms with van der Waals surface area (Å²) in [6, 6.07) is 9.99. The first kappa shape index (κ1) is 16.5. The van der Waals surface area contributed by atoms with Gasteiger partial charge in [-0.3, -0.25) is 4.68 Å². The summed E-state index contributed by atoms with van der Waals surface area (Å²) in [5.74, 6) is 3.84. The molecule has 4 heterocycles. The topological polar surface area (TPSA) is 67.0 Å². The summed E-state index contributed by atoms with van der Waals surface area (Å²) in [6.45, 7) is 0. The van der Waals surface area contributed by atoms with Crippen molar-refractivity contribution in [2.24, 2.45) is 7.05 Å². The summed E-state index contributed by atoms with van der Waals surface area (Å²) >= 11 is 0. The number of hydrogen-bond donors (Lipinski definition) is 0. The zero-order chi connectivity index (χ0) is 18.4. The number of hydrogen-bond acceptors (Lipinski definition) is 5. The molecule has 2 bridgehead atoms. The van der Waals surface area contributed by atoms with E-state index >= 15 is 0 Å². The highest BCUT2D eigenvalue weighted by molar-refractivity contribution is 5.35. The van der Waals surface area contributed by atoms with Crippen LogP contribution >= 0.6 is 0 Å². The van der Waals surface area contributed by atoms with E-state index in [-0.39, 0.29) is 12.0 Å². The third kappa shape index (κ3) is 2.82. The second-order valence-electron chi connectivity index (χ2n) is 7.32. The molecule has 2 aromatic heterocycles. The lowest BCUT2D eigenvalue weighted by molar-refractivity contribution is 0.0996. The summed E-state index contributed by atoms with van der Waals surface area (Å²) in [5, 5.41) is 9.15. The van der Waals surface area contributed by atoms with Gasteiger partial charge in [0.1, 0.15) is 11.6 Å². The van der Waals surface area contributed by atoms with Crippen LogP contribution < -0.4 is 4.74 Å². The fourth-order valence-electron chi connectivity index (χ4n) is 4.36. The number of ether oxygens (including phenoxy) is 2. The Morgan fingerprint density at radius 3 is 2.81 bits per heavy atom. The van der Waals surface area contributed by atoms with Crippen LogP contribution in [0.25, 0.3) is 5.82 Å². The number of aryl methyl sites for hydroxylation is 1. The van der Waals surface area contributed by atoms with Gasteiger partial charge >= 0.3 is 0 Å². The molecular formula is C20H23N5O2. The molecule has 0 amide bonds. The van der Waals surface area contributed by atoms with E-state index in [4.69, 9.17) is 19.6 Å². The molecule has 7 heteroatoms. The number of nitrogens with zero attached hydrogens (tertiary/aromatic N) is 5. The maximum atomic E-state index is 6.08. The fourth-order valence-corrected chi connectivity index (χ4v) is 4.36. The molecule has 3 atom stereocenters. The van der Waals surface area contributed by atoms with Gasteiger partial charge in [0, 0.05) is 31.0 Å². The van der Waals surface area contributed by atoms with Crippen LogP contribution in [0.4, 0.5) is 0 Å². The zero-order valence-corrected chi connectivity index (χ0v) is 15.6. The van der Waals surface area contributed by atoms with E-state index in [2.05, 4.69) is 11.2 Å². The molecule has 140 valence electrons. The molecule has 0 N–H and O–H groups in total. The number of methoxy groups -OCH3 is 1. The maximum absolute atomic E-state index is 6.08. The number of benzene rings is 1. The first-order valence-electron chi connectivity index (χ1n) is 9.44. The van der Waals surface area contributed by atoms with Gasteiger partial charge in [-0.1, -0.05) is 18.2 Å². The Labute approximate surface area is 157 Å². The van der Waals surface area contributed by atoms with Gasteiger partial charge in [0.05, 0.1) is 25.5 Å². The Bertz CT molecular complexity index is 963. The molecule has 27 heavy (non-hydrogen) atoms. The fraction of sp³-hybridized carbons (Fsp3) is 0.450. The van der Waals surface area contributed by atoms with Crippen LogP contribution in [0.5, 0.6) is 5.75 Å². The minimum absolute atomic E-state index is 0.255. The highest BCUT2D eigenvalue weighted by atomic mass is 16.5. The van der Waals surface area contributed by atoms with Gasteiger partial charge in [-0.25, -0.2) is 4.98 Å². The van der Waals surface area contributed by atoms with E-state index < -0.39 is 0 Å². The molecule has 3 aromatic rings. The molecule has 1 aromatic carbocycles. The third-order valence-corrected chi connectivity index (χ3v) is 5.67. The van der Waals surface area contributed by atoms with Crippen LogP contribution in [0, 0.1) is 0 Å². The normalized spacial score (nSPS) is 23.9. The minimum Gasteiger partial charge on any atom is -0.496 e. The lowest BCUT2D eigenvalue weighted by atomic mass is 9.88. The highest BCUT2D eigenvalue weighted by Crippen LogP contribution is 2.44. The van der Waals surface area contributed by atoms with E-state index in [9.17, 15) is 0 Å². The van der Waals surface area contributed by atoms with Crippen LogP contribution in [-0.4, -0.2) is 43.9 Å². The third-order valence-electron chi connectivity index (χ3n) is 5.67. The van der Waals surface area contributed by atoms with Gasteiger partial charge in [-0.2, -0.15) is 9.78 Å². The molecule has 0 aliphatic carbocycles. The van der Waals surface area contributed by atoms with Crippen molar-refractivity contribution in [3.8, 4) is 11.6 Å². The number of rotatable bonds is 5. The summed E-state index contributed by atoms with van der Waals surface area (Å²) in [4.78, 5) is 4.95. The van der Waals surface area contributed by atoms with Crippen molar-refractivity contribution in [1.29, 1.82) is 0 Å². The largest absolute Gasteiger partial charge is 0.496 e. The van der Waals surface area contributed by atoms with E-state index in [0.717, 1.165) is 48.0 Å². The number of aromatic nitrogens is 5.